The van der Waals surface area contributed by atoms with Gasteiger partial charge in [0.2, 0.25) is 0 Å². The lowest BCUT2D eigenvalue weighted by molar-refractivity contribution is 0.602. The van der Waals surface area contributed by atoms with Gasteiger partial charge in [-0.1, -0.05) is 29.3 Å². The molecule has 0 spiro atoms. The molecule has 0 fully saturated rings. The quantitative estimate of drug-likeness (QED) is 0.735. The summed E-state index contributed by atoms with van der Waals surface area (Å²) in [5.41, 5.74) is 0. The van der Waals surface area contributed by atoms with Gasteiger partial charge in [0.15, 0.2) is 9.84 Å². The summed E-state index contributed by atoms with van der Waals surface area (Å²) in [4.78, 5) is 0.0664. The molecule has 0 saturated carbocycles. The van der Waals surface area contributed by atoms with E-state index in [0.29, 0.717) is 0 Å². The zero-order valence-corrected chi connectivity index (χ0v) is 8.54. The van der Waals surface area contributed by atoms with Gasteiger partial charge in [0.1, 0.15) is 0 Å². The lowest BCUT2D eigenvalue weighted by Gasteiger charge is -2.01. The maximum Gasteiger partial charge on any atom is 0.177 e. The van der Waals surface area contributed by atoms with Gasteiger partial charge in [-0.2, -0.15) is 0 Å². The molecule has 12 heavy (non-hydrogen) atoms. The highest BCUT2D eigenvalue weighted by Gasteiger charge is 2.13. The van der Waals surface area contributed by atoms with Crippen LogP contribution in [0.25, 0.3) is 0 Å². The molecule has 0 aliphatic carbocycles. The maximum absolute atomic E-state index is 11.1. The summed E-state index contributed by atoms with van der Waals surface area (Å²) in [7, 11) is -3.27. The third kappa shape index (κ3) is 1.91. The van der Waals surface area contributed by atoms with Crippen molar-refractivity contribution in [3.63, 3.8) is 0 Å². The van der Waals surface area contributed by atoms with Gasteiger partial charge in [-0.05, 0) is 12.1 Å². The second kappa shape index (κ2) is 3.24. The fourth-order valence-electron chi connectivity index (χ4n) is 0.770. The van der Waals surface area contributed by atoms with E-state index < -0.39 is 9.84 Å². The molecule has 5 heteroatoms. The third-order valence-corrected chi connectivity index (χ3v) is 3.39. The normalized spacial score (nSPS) is 11.6. The van der Waals surface area contributed by atoms with Gasteiger partial charge in [0.05, 0.1) is 14.9 Å². The average Bonchev–Trinajstić information content (AvgIpc) is 1.92. The summed E-state index contributed by atoms with van der Waals surface area (Å²) in [6, 6.07) is 4.51. The number of benzene rings is 1. The van der Waals surface area contributed by atoms with Crippen molar-refractivity contribution in [1.29, 1.82) is 0 Å². The number of hydrogen-bond donors (Lipinski definition) is 0. The molecule has 0 aromatic heterocycles. The van der Waals surface area contributed by atoms with E-state index in [2.05, 4.69) is 0 Å². The minimum Gasteiger partial charge on any atom is -0.224 e. The van der Waals surface area contributed by atoms with Gasteiger partial charge >= 0.3 is 0 Å². The summed E-state index contributed by atoms with van der Waals surface area (Å²) < 4.78 is 22.1. The number of halogens is 2. The average molecular weight is 225 g/mol. The van der Waals surface area contributed by atoms with Crippen molar-refractivity contribution < 1.29 is 8.42 Å². The molecular formula is C7H6Cl2O2S. The van der Waals surface area contributed by atoms with Crippen LogP contribution in [0.5, 0.6) is 0 Å². The fraction of sp³-hybridized carbons (Fsp3) is 0.143. The van der Waals surface area contributed by atoms with Gasteiger partial charge in [0, 0.05) is 6.26 Å². The van der Waals surface area contributed by atoms with Gasteiger partial charge in [-0.3, -0.25) is 0 Å². The topological polar surface area (TPSA) is 34.1 Å². The molecule has 0 saturated heterocycles. The molecule has 0 amide bonds. The maximum atomic E-state index is 11.1. The van der Waals surface area contributed by atoms with Gasteiger partial charge in [-0.25, -0.2) is 8.42 Å². The van der Waals surface area contributed by atoms with E-state index in [1.807, 2.05) is 0 Å². The molecular weight excluding hydrogens is 219 g/mol. The van der Waals surface area contributed by atoms with E-state index in [0.717, 1.165) is 6.26 Å². The van der Waals surface area contributed by atoms with Crippen molar-refractivity contribution in [2.24, 2.45) is 0 Å². The second-order valence-electron chi connectivity index (χ2n) is 2.32. The van der Waals surface area contributed by atoms with Crippen LogP contribution in [0.4, 0.5) is 0 Å². The molecule has 0 heterocycles. The Kier molecular flexibility index (Phi) is 2.66. The number of hydrogen-bond acceptors (Lipinski definition) is 2. The molecule has 2 nitrogen and oxygen atoms in total. The molecule has 0 radical (unpaired) electrons. The largest absolute Gasteiger partial charge is 0.224 e. The van der Waals surface area contributed by atoms with Crippen LogP contribution in [0.15, 0.2) is 23.1 Å². The first-order chi connectivity index (χ1) is 5.43. The SMILES string of the molecule is CS(=O)(=O)c1cccc(Cl)c1Cl. The fourth-order valence-corrected chi connectivity index (χ4v) is 2.31. The van der Waals surface area contributed by atoms with Crippen molar-refractivity contribution in [3.05, 3.63) is 28.2 Å². The Balaban J connectivity index is 3.47. The van der Waals surface area contributed by atoms with E-state index in [1.54, 1.807) is 12.1 Å². The molecule has 0 bridgehead atoms. The molecule has 0 unspecified atom stereocenters. The van der Waals surface area contributed by atoms with Gasteiger partial charge in [0.25, 0.3) is 0 Å². The highest BCUT2D eigenvalue weighted by Crippen LogP contribution is 2.28. The Hall–Kier alpha value is -0.250. The van der Waals surface area contributed by atoms with Crippen molar-refractivity contribution in [2.45, 2.75) is 4.90 Å². The second-order valence-corrected chi connectivity index (χ2v) is 5.09. The summed E-state index contributed by atoms with van der Waals surface area (Å²) in [5, 5.41) is 0.334. The monoisotopic (exact) mass is 224 g/mol. The first kappa shape index (κ1) is 9.84. The van der Waals surface area contributed by atoms with Crippen LogP contribution < -0.4 is 0 Å². The first-order valence-corrected chi connectivity index (χ1v) is 5.72. The lowest BCUT2D eigenvalue weighted by Crippen LogP contribution is -1.97. The van der Waals surface area contributed by atoms with Crippen molar-refractivity contribution in [1.82, 2.24) is 0 Å². The molecule has 0 aliphatic heterocycles. The molecule has 1 rings (SSSR count). The van der Waals surface area contributed by atoms with Crippen LogP contribution in [-0.4, -0.2) is 14.7 Å². The molecule has 1 aromatic carbocycles. The standard InChI is InChI=1S/C7H6Cl2O2S/c1-12(10,11)6-4-2-3-5(8)7(6)9/h2-4H,1H3. The Morgan fingerprint density at radius 1 is 1.25 bits per heavy atom. The molecule has 66 valence electrons. The van der Waals surface area contributed by atoms with Crippen LogP contribution in [0, 0.1) is 0 Å². The third-order valence-electron chi connectivity index (χ3n) is 1.32. The summed E-state index contributed by atoms with van der Waals surface area (Å²) in [6.45, 7) is 0. The van der Waals surface area contributed by atoms with E-state index in [-0.39, 0.29) is 14.9 Å². The number of rotatable bonds is 1. The highest BCUT2D eigenvalue weighted by atomic mass is 35.5. The van der Waals surface area contributed by atoms with Crippen LogP contribution in [0.2, 0.25) is 10.0 Å². The minimum absolute atomic E-state index is 0.0664. The zero-order chi connectivity index (χ0) is 9.35. The summed E-state index contributed by atoms with van der Waals surface area (Å²) in [5.74, 6) is 0. The predicted molar refractivity (Wildman–Crippen MR) is 49.6 cm³/mol. The first-order valence-electron chi connectivity index (χ1n) is 3.07. The molecule has 1 aromatic rings. The minimum atomic E-state index is -3.27. The Bertz CT molecular complexity index is 398. The van der Waals surface area contributed by atoms with Crippen molar-refractivity contribution in [3.8, 4) is 0 Å². The summed E-state index contributed by atoms with van der Waals surface area (Å²) in [6.07, 6.45) is 1.09. The molecule has 0 atom stereocenters. The highest BCUT2D eigenvalue weighted by molar-refractivity contribution is 7.90. The van der Waals surface area contributed by atoms with Crippen LogP contribution in [0.3, 0.4) is 0 Å². The van der Waals surface area contributed by atoms with Gasteiger partial charge < -0.3 is 0 Å². The lowest BCUT2D eigenvalue weighted by atomic mass is 10.4. The summed E-state index contributed by atoms with van der Waals surface area (Å²) >= 11 is 11.3. The molecule has 0 N–H and O–H groups in total. The van der Waals surface area contributed by atoms with Crippen molar-refractivity contribution in [2.75, 3.05) is 6.26 Å². The van der Waals surface area contributed by atoms with Crippen molar-refractivity contribution >= 4 is 33.0 Å². The smallest absolute Gasteiger partial charge is 0.177 e. The van der Waals surface area contributed by atoms with E-state index >= 15 is 0 Å². The van der Waals surface area contributed by atoms with E-state index in [9.17, 15) is 8.42 Å². The van der Waals surface area contributed by atoms with Gasteiger partial charge in [-0.15, -0.1) is 0 Å². The van der Waals surface area contributed by atoms with Crippen LogP contribution in [0.1, 0.15) is 0 Å². The van der Waals surface area contributed by atoms with E-state index in [1.165, 1.54) is 6.07 Å². The van der Waals surface area contributed by atoms with E-state index in [4.69, 9.17) is 23.2 Å². The Morgan fingerprint density at radius 3 is 2.25 bits per heavy atom. The Morgan fingerprint density at radius 2 is 1.83 bits per heavy atom. The van der Waals surface area contributed by atoms with Crippen LogP contribution >= 0.6 is 23.2 Å². The Labute approximate surface area is 81.0 Å². The van der Waals surface area contributed by atoms with Crippen LogP contribution in [-0.2, 0) is 9.84 Å². The number of sulfone groups is 1. The molecule has 0 aliphatic rings. The zero-order valence-electron chi connectivity index (χ0n) is 6.21. The predicted octanol–water partition coefficient (Wildman–Crippen LogP) is 2.40.